The van der Waals surface area contributed by atoms with Gasteiger partial charge in [-0.05, 0) is 32.0 Å². The normalized spacial score (nSPS) is 11.2. The van der Waals surface area contributed by atoms with Crippen LogP contribution in [0.25, 0.3) is 0 Å². The van der Waals surface area contributed by atoms with Crippen LogP contribution in [0.5, 0.6) is 0 Å². The summed E-state index contributed by atoms with van der Waals surface area (Å²) in [5.41, 5.74) is 1.15. The SMILES string of the molecule is CCC[Si](CCC)(CCC)OC(OC)=C(C)C. The van der Waals surface area contributed by atoms with Crippen molar-refractivity contribution >= 4 is 8.32 Å². The summed E-state index contributed by atoms with van der Waals surface area (Å²) in [7, 11) is 0.0884. The molecule has 0 radical (unpaired) electrons. The van der Waals surface area contributed by atoms with Gasteiger partial charge in [-0.25, -0.2) is 0 Å². The standard InChI is InChI=1S/C14H30O2Si/c1-7-10-17(11-8-2,12-9-3)16-14(15-6)13(4)5/h7-12H2,1-6H3. The molecule has 2 nitrogen and oxygen atoms in total. The van der Waals surface area contributed by atoms with E-state index in [1.165, 1.54) is 37.4 Å². The van der Waals surface area contributed by atoms with Crippen molar-refractivity contribution in [2.75, 3.05) is 7.11 Å². The minimum Gasteiger partial charge on any atom is -0.519 e. The minimum atomic E-state index is -1.63. The lowest BCUT2D eigenvalue weighted by atomic mass is 10.4. The van der Waals surface area contributed by atoms with Crippen molar-refractivity contribution in [3.63, 3.8) is 0 Å². The first-order valence-electron chi connectivity index (χ1n) is 6.95. The Morgan fingerprint density at radius 1 is 0.882 bits per heavy atom. The van der Waals surface area contributed by atoms with Gasteiger partial charge in [-0.15, -0.1) is 0 Å². The van der Waals surface area contributed by atoms with Gasteiger partial charge in [0, 0.05) is 5.57 Å². The van der Waals surface area contributed by atoms with Gasteiger partial charge in [0.2, 0.25) is 0 Å². The van der Waals surface area contributed by atoms with Crippen LogP contribution >= 0.6 is 0 Å². The molecule has 0 saturated carbocycles. The van der Waals surface area contributed by atoms with Gasteiger partial charge in [-0.3, -0.25) is 0 Å². The molecule has 102 valence electrons. The topological polar surface area (TPSA) is 18.5 Å². The highest BCUT2D eigenvalue weighted by atomic mass is 28.4. The van der Waals surface area contributed by atoms with Crippen molar-refractivity contribution in [3.8, 4) is 0 Å². The Kier molecular flexibility index (Phi) is 8.39. The number of rotatable bonds is 9. The van der Waals surface area contributed by atoms with Crippen LogP contribution in [-0.2, 0) is 9.16 Å². The fourth-order valence-electron chi connectivity index (χ4n) is 2.44. The molecule has 0 atom stereocenters. The molecule has 0 aromatic heterocycles. The molecule has 0 bridgehead atoms. The van der Waals surface area contributed by atoms with Gasteiger partial charge < -0.3 is 9.16 Å². The molecule has 0 aromatic carbocycles. The molecule has 3 heteroatoms. The second kappa shape index (κ2) is 8.62. The molecule has 0 saturated heterocycles. The van der Waals surface area contributed by atoms with E-state index >= 15 is 0 Å². The first-order chi connectivity index (χ1) is 8.05. The van der Waals surface area contributed by atoms with Crippen molar-refractivity contribution in [1.29, 1.82) is 0 Å². The smallest absolute Gasteiger partial charge is 0.263 e. The first-order valence-corrected chi connectivity index (χ1v) is 9.48. The molecule has 17 heavy (non-hydrogen) atoms. The van der Waals surface area contributed by atoms with Crippen molar-refractivity contribution in [2.24, 2.45) is 0 Å². The van der Waals surface area contributed by atoms with Crippen LogP contribution in [-0.4, -0.2) is 15.4 Å². The Hall–Kier alpha value is -0.443. The van der Waals surface area contributed by atoms with Crippen LogP contribution in [0.15, 0.2) is 11.5 Å². The third-order valence-electron chi connectivity index (χ3n) is 3.02. The zero-order valence-electron chi connectivity index (χ0n) is 12.6. The van der Waals surface area contributed by atoms with Crippen LogP contribution in [0.3, 0.4) is 0 Å². The van der Waals surface area contributed by atoms with E-state index in [1.807, 2.05) is 0 Å². The Balaban J connectivity index is 4.93. The molecule has 0 fully saturated rings. The van der Waals surface area contributed by atoms with Gasteiger partial charge in [0.05, 0.1) is 7.11 Å². The van der Waals surface area contributed by atoms with E-state index in [1.54, 1.807) is 7.11 Å². The largest absolute Gasteiger partial charge is 0.519 e. The summed E-state index contributed by atoms with van der Waals surface area (Å²) in [5.74, 6) is 0.770. The molecule has 0 amide bonds. The number of hydrogen-bond donors (Lipinski definition) is 0. The van der Waals surface area contributed by atoms with Gasteiger partial charge in [0.1, 0.15) is 0 Å². The van der Waals surface area contributed by atoms with Gasteiger partial charge >= 0.3 is 0 Å². The van der Waals surface area contributed by atoms with Gasteiger partial charge in [-0.1, -0.05) is 40.0 Å². The van der Waals surface area contributed by atoms with Crippen LogP contribution < -0.4 is 0 Å². The average molecular weight is 258 g/mol. The minimum absolute atomic E-state index is 0.770. The number of ether oxygens (including phenoxy) is 1. The third kappa shape index (κ3) is 5.62. The van der Waals surface area contributed by atoms with Crippen molar-refractivity contribution in [2.45, 2.75) is 72.0 Å². The number of methoxy groups -OCH3 is 1. The molecular weight excluding hydrogens is 228 g/mol. The second-order valence-electron chi connectivity index (χ2n) is 5.03. The molecule has 0 aliphatic carbocycles. The number of hydrogen-bond acceptors (Lipinski definition) is 2. The monoisotopic (exact) mass is 258 g/mol. The van der Waals surface area contributed by atoms with E-state index in [0.717, 1.165) is 11.5 Å². The van der Waals surface area contributed by atoms with Gasteiger partial charge in [-0.2, -0.15) is 0 Å². The maximum atomic E-state index is 6.37. The maximum absolute atomic E-state index is 6.37. The third-order valence-corrected chi connectivity index (χ3v) is 7.87. The molecule has 0 unspecified atom stereocenters. The molecule has 0 aliphatic heterocycles. The fraction of sp³-hybridized carbons (Fsp3) is 0.857. The molecule has 0 heterocycles. The summed E-state index contributed by atoms with van der Waals surface area (Å²) >= 11 is 0. The van der Waals surface area contributed by atoms with Crippen LogP contribution in [0.4, 0.5) is 0 Å². The predicted molar refractivity (Wildman–Crippen MR) is 77.5 cm³/mol. The quantitative estimate of drug-likeness (QED) is 0.424. The summed E-state index contributed by atoms with van der Waals surface area (Å²) in [5, 5.41) is 0. The van der Waals surface area contributed by atoms with Crippen LogP contribution in [0.2, 0.25) is 18.1 Å². The summed E-state index contributed by atoms with van der Waals surface area (Å²) < 4.78 is 11.8. The summed E-state index contributed by atoms with van der Waals surface area (Å²) in [6.07, 6.45) is 3.64. The molecule has 0 rings (SSSR count). The van der Waals surface area contributed by atoms with Gasteiger partial charge in [0.25, 0.3) is 14.3 Å². The molecular formula is C14H30O2Si. The van der Waals surface area contributed by atoms with E-state index in [9.17, 15) is 0 Å². The van der Waals surface area contributed by atoms with Crippen molar-refractivity contribution in [1.82, 2.24) is 0 Å². The Labute approximate surface area is 109 Å². The highest BCUT2D eigenvalue weighted by molar-refractivity contribution is 6.74. The molecule has 0 aliphatic rings. The van der Waals surface area contributed by atoms with Crippen LogP contribution in [0.1, 0.15) is 53.9 Å². The van der Waals surface area contributed by atoms with E-state index < -0.39 is 8.32 Å². The predicted octanol–water partition coefficient (Wildman–Crippen LogP) is 5.08. The van der Waals surface area contributed by atoms with E-state index in [2.05, 4.69) is 34.6 Å². The van der Waals surface area contributed by atoms with Crippen LogP contribution in [0, 0.1) is 0 Å². The molecule has 0 N–H and O–H groups in total. The van der Waals surface area contributed by atoms with Crippen molar-refractivity contribution < 1.29 is 9.16 Å². The highest BCUT2D eigenvalue weighted by Gasteiger charge is 2.35. The lowest BCUT2D eigenvalue weighted by Gasteiger charge is -2.32. The Bertz CT molecular complexity index is 215. The molecule has 0 aromatic rings. The summed E-state index contributed by atoms with van der Waals surface area (Å²) in [6.45, 7) is 10.9. The van der Waals surface area contributed by atoms with Crippen molar-refractivity contribution in [3.05, 3.63) is 11.5 Å². The summed E-state index contributed by atoms with van der Waals surface area (Å²) in [6, 6.07) is 3.73. The average Bonchev–Trinajstić information content (AvgIpc) is 2.26. The number of allylic oxidation sites excluding steroid dienone is 1. The van der Waals surface area contributed by atoms with Gasteiger partial charge in [0.15, 0.2) is 0 Å². The summed E-state index contributed by atoms with van der Waals surface area (Å²) in [4.78, 5) is 0. The maximum Gasteiger partial charge on any atom is 0.263 e. The van der Waals surface area contributed by atoms with E-state index in [-0.39, 0.29) is 0 Å². The Morgan fingerprint density at radius 3 is 1.53 bits per heavy atom. The van der Waals surface area contributed by atoms with E-state index in [0.29, 0.717) is 0 Å². The first kappa shape index (κ1) is 16.6. The Morgan fingerprint density at radius 2 is 1.29 bits per heavy atom. The van der Waals surface area contributed by atoms with E-state index in [4.69, 9.17) is 9.16 Å². The molecule has 0 spiro atoms. The zero-order valence-corrected chi connectivity index (χ0v) is 13.6. The second-order valence-corrected chi connectivity index (χ2v) is 9.10. The fourth-order valence-corrected chi connectivity index (χ4v) is 6.91. The highest BCUT2D eigenvalue weighted by Crippen LogP contribution is 2.30. The lowest BCUT2D eigenvalue weighted by Crippen LogP contribution is -2.38. The zero-order chi connectivity index (χ0) is 13.3. The lowest BCUT2D eigenvalue weighted by molar-refractivity contribution is 0.137.